The first-order valence-electron chi connectivity index (χ1n) is 14.8. The first-order valence-corrected chi connectivity index (χ1v) is 14.8. The van der Waals surface area contributed by atoms with Gasteiger partial charge in [-0.1, -0.05) is 94.3 Å². The first kappa shape index (κ1) is 31.3. The number of aliphatic hydroxyl groups excluding tert-OH is 1. The highest BCUT2D eigenvalue weighted by atomic mass is 16.5. The smallest absolute Gasteiger partial charge is 0.336 e. The lowest BCUT2D eigenvalue weighted by Crippen LogP contribution is -2.22. The van der Waals surface area contributed by atoms with Crippen molar-refractivity contribution in [2.75, 3.05) is 13.2 Å². The van der Waals surface area contributed by atoms with Crippen LogP contribution in [0.15, 0.2) is 72.8 Å². The van der Waals surface area contributed by atoms with Crippen LogP contribution < -0.4 is 0 Å². The fraction of sp³-hybridized carbons (Fsp3) is 0.486. The fourth-order valence-electron chi connectivity index (χ4n) is 5.34. The molecule has 0 bridgehead atoms. The van der Waals surface area contributed by atoms with Gasteiger partial charge in [0.15, 0.2) is 0 Å². The van der Waals surface area contributed by atoms with Gasteiger partial charge in [-0.3, -0.25) is 0 Å². The summed E-state index contributed by atoms with van der Waals surface area (Å²) in [4.78, 5) is 24.2. The predicted molar refractivity (Wildman–Crippen MR) is 161 cm³/mol. The Morgan fingerprint density at radius 3 is 1.95 bits per heavy atom. The molecule has 0 spiro atoms. The van der Waals surface area contributed by atoms with Crippen molar-refractivity contribution >= 4 is 11.9 Å². The topological polar surface area (TPSA) is 72.8 Å². The molecule has 0 aliphatic heterocycles. The van der Waals surface area contributed by atoms with Gasteiger partial charge in [0.2, 0.25) is 0 Å². The molecule has 2 aromatic carbocycles. The zero-order chi connectivity index (χ0) is 29.1. The second kappa shape index (κ2) is 15.6. The zero-order valence-electron chi connectivity index (χ0n) is 24.5. The van der Waals surface area contributed by atoms with Crippen LogP contribution in [0.1, 0.15) is 95.1 Å². The van der Waals surface area contributed by atoms with Crippen molar-refractivity contribution in [1.29, 1.82) is 0 Å². The van der Waals surface area contributed by atoms with Gasteiger partial charge in [0.05, 0.1) is 17.6 Å². The quantitative estimate of drug-likeness (QED) is 0.148. The lowest BCUT2D eigenvalue weighted by molar-refractivity contribution is -0.143. The molecule has 0 radical (unpaired) electrons. The van der Waals surface area contributed by atoms with Crippen molar-refractivity contribution in [2.24, 2.45) is 5.92 Å². The largest absolute Gasteiger partial charge is 0.462 e. The average Bonchev–Trinajstić information content (AvgIpc) is 2.97. The third kappa shape index (κ3) is 9.19. The lowest BCUT2D eigenvalue weighted by Gasteiger charge is -2.29. The molecule has 216 valence electrons. The lowest BCUT2D eigenvalue weighted by atomic mass is 9.77. The minimum absolute atomic E-state index is 0.0110. The van der Waals surface area contributed by atoms with E-state index >= 15 is 0 Å². The van der Waals surface area contributed by atoms with Crippen LogP contribution in [0.5, 0.6) is 0 Å². The molecule has 0 saturated heterocycles. The Labute approximate surface area is 240 Å². The summed E-state index contributed by atoms with van der Waals surface area (Å²) in [6.45, 7) is 12.5. The average molecular weight is 547 g/mol. The van der Waals surface area contributed by atoms with Crippen molar-refractivity contribution in [3.8, 4) is 11.1 Å². The van der Waals surface area contributed by atoms with Crippen molar-refractivity contribution in [1.82, 2.24) is 0 Å². The molecule has 0 aromatic heterocycles. The van der Waals surface area contributed by atoms with Gasteiger partial charge in [-0.15, -0.1) is 0 Å². The van der Waals surface area contributed by atoms with E-state index in [0.29, 0.717) is 11.5 Å². The van der Waals surface area contributed by atoms with Gasteiger partial charge in [-0.2, -0.15) is 0 Å². The second-order valence-corrected chi connectivity index (χ2v) is 11.3. The van der Waals surface area contributed by atoms with Crippen molar-refractivity contribution in [3.05, 3.63) is 84.0 Å². The van der Waals surface area contributed by atoms with Crippen molar-refractivity contribution in [3.63, 3.8) is 0 Å². The highest BCUT2D eigenvalue weighted by Crippen LogP contribution is 2.38. The Morgan fingerprint density at radius 1 is 0.875 bits per heavy atom. The monoisotopic (exact) mass is 546 g/mol. The maximum atomic E-state index is 12.2. The van der Waals surface area contributed by atoms with Crippen LogP contribution in [-0.4, -0.2) is 36.4 Å². The Hall–Kier alpha value is -3.18. The molecule has 5 nitrogen and oxygen atoms in total. The van der Waals surface area contributed by atoms with Gasteiger partial charge in [-0.05, 0) is 73.6 Å². The first-order chi connectivity index (χ1) is 19.2. The van der Waals surface area contributed by atoms with E-state index in [2.05, 4.69) is 44.3 Å². The summed E-state index contributed by atoms with van der Waals surface area (Å²) in [5.74, 6) is 0.0327. The Bertz CT molecular complexity index is 1120. The zero-order valence-corrected chi connectivity index (χ0v) is 24.5. The molecule has 2 aromatic rings. The summed E-state index contributed by atoms with van der Waals surface area (Å²) in [5.41, 5.74) is 4.84. The molecule has 2 atom stereocenters. The SMILES string of the molecule is C=C(C)C(=O)OCC(COC(=O)C(=C)C(C)O)c1ccc(-c2ccc(C3CCC(CCCCC)CC3)cc2)cc1. The maximum absolute atomic E-state index is 12.2. The molecule has 0 heterocycles. The van der Waals surface area contributed by atoms with Gasteiger partial charge in [0.1, 0.15) is 13.2 Å². The summed E-state index contributed by atoms with van der Waals surface area (Å²) in [5, 5.41) is 9.61. The summed E-state index contributed by atoms with van der Waals surface area (Å²) in [6, 6.07) is 17.0. The van der Waals surface area contributed by atoms with E-state index < -0.39 is 18.0 Å². The number of carbonyl (C=O) groups is 2. The van der Waals surface area contributed by atoms with Crippen LogP contribution in [0.3, 0.4) is 0 Å². The Morgan fingerprint density at radius 2 is 1.43 bits per heavy atom. The third-order valence-corrected chi connectivity index (χ3v) is 8.11. The second-order valence-electron chi connectivity index (χ2n) is 11.3. The van der Waals surface area contributed by atoms with Crippen LogP contribution in [-0.2, 0) is 19.1 Å². The molecular weight excluding hydrogens is 500 g/mol. The molecule has 1 saturated carbocycles. The van der Waals surface area contributed by atoms with E-state index in [1.54, 1.807) is 6.92 Å². The molecule has 1 aliphatic rings. The number of ether oxygens (including phenoxy) is 2. The van der Waals surface area contributed by atoms with Gasteiger partial charge >= 0.3 is 11.9 Å². The minimum atomic E-state index is -0.997. The number of unbranched alkanes of at least 4 members (excludes halogenated alkanes) is 2. The summed E-state index contributed by atoms with van der Waals surface area (Å²) < 4.78 is 10.8. The van der Waals surface area contributed by atoms with Gasteiger partial charge < -0.3 is 14.6 Å². The van der Waals surface area contributed by atoms with Crippen molar-refractivity contribution in [2.45, 2.75) is 90.1 Å². The third-order valence-electron chi connectivity index (χ3n) is 8.11. The van der Waals surface area contributed by atoms with Crippen LogP contribution in [0.4, 0.5) is 0 Å². The molecule has 5 heteroatoms. The minimum Gasteiger partial charge on any atom is -0.462 e. The molecule has 0 amide bonds. The van der Waals surface area contributed by atoms with Crippen molar-refractivity contribution < 1.29 is 24.2 Å². The number of benzene rings is 2. The van der Waals surface area contributed by atoms with Gasteiger partial charge in [0.25, 0.3) is 0 Å². The fourth-order valence-corrected chi connectivity index (χ4v) is 5.34. The van der Waals surface area contributed by atoms with Crippen LogP contribution >= 0.6 is 0 Å². The van der Waals surface area contributed by atoms with Gasteiger partial charge in [0, 0.05) is 5.57 Å². The maximum Gasteiger partial charge on any atom is 0.336 e. The van der Waals surface area contributed by atoms with Crippen LogP contribution in [0.25, 0.3) is 11.1 Å². The van der Waals surface area contributed by atoms with E-state index in [9.17, 15) is 14.7 Å². The Kier molecular flexibility index (Phi) is 12.2. The molecule has 1 N–H and O–H groups in total. The number of aliphatic hydroxyl groups is 1. The van der Waals surface area contributed by atoms with E-state index in [1.807, 2.05) is 24.3 Å². The number of hydrogen-bond donors (Lipinski definition) is 1. The van der Waals surface area contributed by atoms with E-state index in [0.717, 1.165) is 22.6 Å². The highest BCUT2D eigenvalue weighted by Gasteiger charge is 2.23. The molecule has 40 heavy (non-hydrogen) atoms. The number of rotatable bonds is 14. The van der Waals surface area contributed by atoms with E-state index in [4.69, 9.17) is 9.47 Å². The normalized spacial score (nSPS) is 18.4. The molecule has 1 fully saturated rings. The molecule has 3 rings (SSSR count). The molecular formula is C35H46O5. The Balaban J connectivity index is 1.63. The molecule has 2 unspecified atom stereocenters. The predicted octanol–water partition coefficient (Wildman–Crippen LogP) is 7.89. The number of esters is 2. The highest BCUT2D eigenvalue weighted by molar-refractivity contribution is 5.88. The molecule has 1 aliphatic carbocycles. The van der Waals surface area contributed by atoms with Crippen LogP contribution in [0, 0.1) is 5.92 Å². The standard InChI is InChI=1S/C35H46O5/c1-6-7-8-9-27-10-12-28(13-11-27)29-14-16-30(17-15-29)31-18-20-32(21-19-31)33(22-39-34(37)24(2)3)23-40-35(38)25(4)26(5)36/h14-21,26-28,33,36H,2,4,6-13,22-23H2,1,3,5H3. The number of hydrogen-bond acceptors (Lipinski definition) is 5. The summed E-state index contributed by atoms with van der Waals surface area (Å²) in [7, 11) is 0. The summed E-state index contributed by atoms with van der Waals surface area (Å²) in [6.07, 6.45) is 9.71. The summed E-state index contributed by atoms with van der Waals surface area (Å²) >= 11 is 0. The number of carbonyl (C=O) groups excluding carboxylic acids is 2. The van der Waals surface area contributed by atoms with Crippen LogP contribution in [0.2, 0.25) is 0 Å². The van der Waals surface area contributed by atoms with E-state index in [1.165, 1.54) is 63.9 Å². The van der Waals surface area contributed by atoms with Gasteiger partial charge in [-0.25, -0.2) is 9.59 Å². The van der Waals surface area contributed by atoms with E-state index in [-0.39, 0.29) is 24.7 Å².